The SMILES string of the molecule is CCCCCC(=O)CCC1C=CC(=O)C1CC=CCCCC(=O)O. The quantitative estimate of drug-likeness (QED) is 0.398. The van der Waals surface area contributed by atoms with E-state index < -0.39 is 5.97 Å². The molecule has 134 valence electrons. The highest BCUT2D eigenvalue weighted by molar-refractivity contribution is 5.94. The van der Waals surface area contributed by atoms with Crippen molar-refractivity contribution >= 4 is 17.5 Å². The molecule has 24 heavy (non-hydrogen) atoms. The molecule has 2 atom stereocenters. The van der Waals surface area contributed by atoms with E-state index in [0.717, 1.165) is 32.1 Å². The summed E-state index contributed by atoms with van der Waals surface area (Å²) in [5, 5.41) is 8.58. The van der Waals surface area contributed by atoms with Gasteiger partial charge in [-0.3, -0.25) is 14.4 Å². The molecule has 0 aromatic carbocycles. The van der Waals surface area contributed by atoms with Crippen molar-refractivity contribution in [3.8, 4) is 0 Å². The largest absolute Gasteiger partial charge is 0.481 e. The number of rotatable bonds is 13. The molecule has 1 N–H and O–H groups in total. The fourth-order valence-corrected chi connectivity index (χ4v) is 3.03. The number of Topliss-reactive ketones (excluding diaryl/α,β-unsaturated/α-hetero) is 1. The first-order valence-electron chi connectivity index (χ1n) is 9.15. The number of carbonyl (C=O) groups is 3. The van der Waals surface area contributed by atoms with Gasteiger partial charge in [-0.2, -0.15) is 0 Å². The first kappa shape index (κ1) is 20.3. The Labute approximate surface area is 145 Å². The lowest BCUT2D eigenvalue weighted by Crippen LogP contribution is -2.16. The average molecular weight is 334 g/mol. The van der Waals surface area contributed by atoms with Crippen LogP contribution in [-0.4, -0.2) is 22.6 Å². The summed E-state index contributed by atoms with van der Waals surface area (Å²) in [7, 11) is 0. The standard InChI is InChI=1S/C20H30O4/c1-2-3-6-9-17(21)14-12-16-13-15-19(22)18(16)10-7-4-5-8-11-20(23)24/h4,7,13,15-16,18H,2-3,5-6,8-12,14H2,1H3,(H,23,24). The Morgan fingerprint density at radius 3 is 2.62 bits per heavy atom. The van der Waals surface area contributed by atoms with Crippen LogP contribution in [0.1, 0.15) is 71.1 Å². The normalized spacial score (nSPS) is 20.1. The second kappa shape index (κ2) is 11.8. The fraction of sp³-hybridized carbons (Fsp3) is 0.650. The molecule has 0 saturated heterocycles. The average Bonchev–Trinajstić information content (AvgIpc) is 2.89. The Kier molecular flexibility index (Phi) is 9.97. The van der Waals surface area contributed by atoms with Gasteiger partial charge in [0.2, 0.25) is 0 Å². The van der Waals surface area contributed by atoms with Crippen molar-refractivity contribution < 1.29 is 19.5 Å². The Morgan fingerprint density at radius 1 is 1.12 bits per heavy atom. The summed E-state index contributed by atoms with van der Waals surface area (Å²) in [5.74, 6) is -0.213. The zero-order chi connectivity index (χ0) is 17.8. The maximum atomic E-state index is 12.0. The van der Waals surface area contributed by atoms with Crippen LogP contribution in [0.3, 0.4) is 0 Å². The minimum absolute atomic E-state index is 0.0517. The second-order valence-corrected chi connectivity index (χ2v) is 6.56. The summed E-state index contributed by atoms with van der Waals surface area (Å²) in [4.78, 5) is 34.3. The van der Waals surface area contributed by atoms with Crippen molar-refractivity contribution in [3.05, 3.63) is 24.3 Å². The Hall–Kier alpha value is -1.71. The van der Waals surface area contributed by atoms with Gasteiger partial charge in [-0.25, -0.2) is 0 Å². The number of carboxylic acids is 1. The molecule has 0 fully saturated rings. The van der Waals surface area contributed by atoms with Crippen LogP contribution in [0.2, 0.25) is 0 Å². The van der Waals surface area contributed by atoms with Crippen LogP contribution in [0.25, 0.3) is 0 Å². The summed E-state index contributed by atoms with van der Waals surface area (Å²) < 4.78 is 0. The zero-order valence-electron chi connectivity index (χ0n) is 14.7. The molecule has 0 spiro atoms. The van der Waals surface area contributed by atoms with E-state index in [0.29, 0.717) is 31.5 Å². The van der Waals surface area contributed by atoms with E-state index in [4.69, 9.17) is 5.11 Å². The summed E-state index contributed by atoms with van der Waals surface area (Å²) >= 11 is 0. The maximum Gasteiger partial charge on any atom is 0.303 e. The van der Waals surface area contributed by atoms with Crippen LogP contribution in [0.5, 0.6) is 0 Å². The monoisotopic (exact) mass is 334 g/mol. The van der Waals surface area contributed by atoms with Crippen molar-refractivity contribution in [2.75, 3.05) is 0 Å². The van der Waals surface area contributed by atoms with Crippen molar-refractivity contribution in [1.82, 2.24) is 0 Å². The second-order valence-electron chi connectivity index (χ2n) is 6.56. The predicted octanol–water partition coefficient (Wildman–Crippen LogP) is 4.49. The number of ketones is 2. The van der Waals surface area contributed by atoms with Gasteiger partial charge < -0.3 is 5.11 Å². The fourth-order valence-electron chi connectivity index (χ4n) is 3.03. The van der Waals surface area contributed by atoms with E-state index in [9.17, 15) is 14.4 Å². The lowest BCUT2D eigenvalue weighted by molar-refractivity contribution is -0.137. The highest BCUT2D eigenvalue weighted by atomic mass is 16.4. The summed E-state index contributed by atoms with van der Waals surface area (Å²) in [5.41, 5.74) is 0. The number of hydrogen-bond acceptors (Lipinski definition) is 3. The molecule has 0 aromatic heterocycles. The van der Waals surface area contributed by atoms with Gasteiger partial charge in [0.05, 0.1) is 0 Å². The highest BCUT2D eigenvalue weighted by Gasteiger charge is 2.28. The number of allylic oxidation sites excluding steroid dienone is 4. The van der Waals surface area contributed by atoms with Gasteiger partial charge in [0.15, 0.2) is 5.78 Å². The van der Waals surface area contributed by atoms with Gasteiger partial charge in [-0.05, 0) is 44.1 Å². The summed E-state index contributed by atoms with van der Waals surface area (Å²) in [6, 6.07) is 0. The zero-order valence-corrected chi connectivity index (χ0v) is 14.7. The molecule has 1 aliphatic carbocycles. The van der Waals surface area contributed by atoms with E-state index in [-0.39, 0.29) is 24.0 Å². The molecule has 0 aromatic rings. The molecule has 4 heteroatoms. The molecular formula is C20H30O4. The minimum atomic E-state index is -0.776. The van der Waals surface area contributed by atoms with Gasteiger partial charge in [-0.15, -0.1) is 0 Å². The van der Waals surface area contributed by atoms with E-state index in [2.05, 4.69) is 6.92 Å². The van der Waals surface area contributed by atoms with E-state index in [1.807, 2.05) is 18.2 Å². The number of carboxylic acid groups (broad SMARTS) is 1. The van der Waals surface area contributed by atoms with Gasteiger partial charge in [0, 0.05) is 25.2 Å². The number of carbonyl (C=O) groups excluding carboxylic acids is 2. The topological polar surface area (TPSA) is 71.4 Å². The molecule has 2 unspecified atom stereocenters. The molecule has 0 amide bonds. The molecule has 0 radical (unpaired) electrons. The predicted molar refractivity (Wildman–Crippen MR) is 94.8 cm³/mol. The third-order valence-electron chi connectivity index (χ3n) is 4.52. The Balaban J connectivity index is 2.29. The Morgan fingerprint density at radius 2 is 1.92 bits per heavy atom. The third-order valence-corrected chi connectivity index (χ3v) is 4.52. The number of unbranched alkanes of at least 4 members (excludes halogenated alkanes) is 3. The molecule has 0 heterocycles. The summed E-state index contributed by atoms with van der Waals surface area (Å²) in [6.07, 6.45) is 14.9. The van der Waals surface area contributed by atoms with Crippen molar-refractivity contribution in [2.45, 2.75) is 71.1 Å². The maximum absolute atomic E-state index is 12.0. The molecule has 0 bridgehead atoms. The number of hydrogen-bond donors (Lipinski definition) is 1. The van der Waals surface area contributed by atoms with Crippen LogP contribution in [0, 0.1) is 11.8 Å². The number of aliphatic carboxylic acids is 1. The first-order chi connectivity index (χ1) is 11.5. The lowest BCUT2D eigenvalue weighted by Gasteiger charge is -2.16. The first-order valence-corrected chi connectivity index (χ1v) is 9.15. The van der Waals surface area contributed by atoms with Crippen LogP contribution in [-0.2, 0) is 14.4 Å². The van der Waals surface area contributed by atoms with Crippen LogP contribution >= 0.6 is 0 Å². The third kappa shape index (κ3) is 8.23. The lowest BCUT2D eigenvalue weighted by atomic mass is 9.87. The van der Waals surface area contributed by atoms with E-state index >= 15 is 0 Å². The van der Waals surface area contributed by atoms with E-state index in [1.54, 1.807) is 6.08 Å². The Bertz CT molecular complexity index is 476. The molecule has 1 rings (SSSR count). The molecular weight excluding hydrogens is 304 g/mol. The van der Waals surface area contributed by atoms with Crippen LogP contribution in [0.4, 0.5) is 0 Å². The molecule has 1 aliphatic rings. The van der Waals surface area contributed by atoms with Gasteiger partial charge in [-0.1, -0.05) is 38.0 Å². The van der Waals surface area contributed by atoms with Crippen molar-refractivity contribution in [3.63, 3.8) is 0 Å². The molecule has 0 aliphatic heterocycles. The van der Waals surface area contributed by atoms with Crippen molar-refractivity contribution in [2.24, 2.45) is 11.8 Å². The van der Waals surface area contributed by atoms with E-state index in [1.165, 1.54) is 0 Å². The van der Waals surface area contributed by atoms with Gasteiger partial charge >= 0.3 is 5.97 Å². The summed E-state index contributed by atoms with van der Waals surface area (Å²) in [6.45, 7) is 2.12. The van der Waals surface area contributed by atoms with Gasteiger partial charge in [0.1, 0.15) is 5.78 Å². The minimum Gasteiger partial charge on any atom is -0.481 e. The molecule has 4 nitrogen and oxygen atoms in total. The highest BCUT2D eigenvalue weighted by Crippen LogP contribution is 2.30. The van der Waals surface area contributed by atoms with Crippen LogP contribution in [0.15, 0.2) is 24.3 Å². The van der Waals surface area contributed by atoms with Crippen LogP contribution < -0.4 is 0 Å². The smallest absolute Gasteiger partial charge is 0.303 e. The molecule has 0 saturated carbocycles. The van der Waals surface area contributed by atoms with Crippen molar-refractivity contribution in [1.29, 1.82) is 0 Å². The van der Waals surface area contributed by atoms with Gasteiger partial charge in [0.25, 0.3) is 0 Å².